The van der Waals surface area contributed by atoms with Gasteiger partial charge in [0.1, 0.15) is 22.8 Å². The lowest BCUT2D eigenvalue weighted by atomic mass is 10.1. The van der Waals surface area contributed by atoms with E-state index in [1.807, 2.05) is 0 Å². The van der Waals surface area contributed by atoms with Gasteiger partial charge >= 0.3 is 0 Å². The third kappa shape index (κ3) is 2.92. The van der Waals surface area contributed by atoms with Crippen molar-refractivity contribution in [1.29, 1.82) is 0 Å². The van der Waals surface area contributed by atoms with Crippen LogP contribution in [-0.2, 0) is 4.79 Å². The van der Waals surface area contributed by atoms with E-state index in [0.29, 0.717) is 49.4 Å². The predicted octanol–water partition coefficient (Wildman–Crippen LogP) is 1.90. The normalized spacial score (nSPS) is 15.7. The molecule has 1 saturated heterocycles. The quantitative estimate of drug-likeness (QED) is 0.846. The molecule has 0 N–H and O–H groups in total. The van der Waals surface area contributed by atoms with Gasteiger partial charge in [0.05, 0.1) is 14.2 Å². The zero-order valence-electron chi connectivity index (χ0n) is 11.8. The first kappa shape index (κ1) is 14.4. The number of carbonyl (C=O) groups is 2. The van der Waals surface area contributed by atoms with Gasteiger partial charge in [0.2, 0.25) is 0 Å². The standard InChI is InChI=1S/C15H19NO4/c1-19-12-6-3-7-13(20-2)14(12)15(18)16-9-4-5-11(17)8-10-16/h3,6-7H,4-5,8-10H2,1-2H3. The van der Waals surface area contributed by atoms with Crippen LogP contribution in [0.25, 0.3) is 0 Å². The highest BCUT2D eigenvalue weighted by Gasteiger charge is 2.25. The maximum absolute atomic E-state index is 12.7. The van der Waals surface area contributed by atoms with Crippen LogP contribution in [0.2, 0.25) is 0 Å². The van der Waals surface area contributed by atoms with Gasteiger partial charge in [-0.05, 0) is 18.6 Å². The third-order valence-corrected chi connectivity index (χ3v) is 3.47. The summed E-state index contributed by atoms with van der Waals surface area (Å²) in [6.07, 6.45) is 1.68. The van der Waals surface area contributed by atoms with E-state index < -0.39 is 0 Å². The molecule has 0 spiro atoms. The van der Waals surface area contributed by atoms with Crippen LogP contribution in [0.4, 0.5) is 0 Å². The lowest BCUT2D eigenvalue weighted by Crippen LogP contribution is -2.32. The van der Waals surface area contributed by atoms with Crippen LogP contribution < -0.4 is 9.47 Å². The molecule has 1 aliphatic heterocycles. The van der Waals surface area contributed by atoms with Crippen molar-refractivity contribution < 1.29 is 19.1 Å². The number of ketones is 1. The van der Waals surface area contributed by atoms with Crippen LogP contribution in [0.3, 0.4) is 0 Å². The number of ether oxygens (including phenoxy) is 2. The molecule has 0 radical (unpaired) electrons. The van der Waals surface area contributed by atoms with Crippen LogP contribution >= 0.6 is 0 Å². The maximum atomic E-state index is 12.7. The lowest BCUT2D eigenvalue weighted by Gasteiger charge is -2.22. The molecule has 0 aliphatic carbocycles. The van der Waals surface area contributed by atoms with E-state index in [1.54, 1.807) is 23.1 Å². The predicted molar refractivity (Wildman–Crippen MR) is 74.3 cm³/mol. The van der Waals surface area contributed by atoms with Crippen molar-refractivity contribution in [3.8, 4) is 11.5 Å². The number of nitrogens with zero attached hydrogens (tertiary/aromatic N) is 1. The average Bonchev–Trinajstić information content (AvgIpc) is 2.70. The summed E-state index contributed by atoms with van der Waals surface area (Å²) in [5.41, 5.74) is 0.423. The molecule has 1 aromatic rings. The van der Waals surface area contributed by atoms with Gasteiger partial charge in [0.15, 0.2) is 0 Å². The summed E-state index contributed by atoms with van der Waals surface area (Å²) >= 11 is 0. The second-order valence-corrected chi connectivity index (χ2v) is 4.72. The second-order valence-electron chi connectivity index (χ2n) is 4.72. The molecule has 5 nitrogen and oxygen atoms in total. The largest absolute Gasteiger partial charge is 0.496 e. The molecule has 0 unspecified atom stereocenters. The van der Waals surface area contributed by atoms with Gasteiger partial charge < -0.3 is 14.4 Å². The summed E-state index contributed by atoms with van der Waals surface area (Å²) in [4.78, 5) is 25.8. The molecular formula is C15H19NO4. The number of amides is 1. The second kappa shape index (κ2) is 6.41. The third-order valence-electron chi connectivity index (χ3n) is 3.47. The molecule has 0 bridgehead atoms. The van der Waals surface area contributed by atoms with Crippen molar-refractivity contribution in [2.75, 3.05) is 27.3 Å². The summed E-state index contributed by atoms with van der Waals surface area (Å²) in [6.45, 7) is 1.05. The molecule has 0 aromatic heterocycles. The summed E-state index contributed by atoms with van der Waals surface area (Å²) in [7, 11) is 3.05. The molecule has 108 valence electrons. The molecule has 1 heterocycles. The number of methoxy groups -OCH3 is 2. The Morgan fingerprint density at radius 2 is 1.75 bits per heavy atom. The van der Waals surface area contributed by atoms with Crippen LogP contribution in [0.5, 0.6) is 11.5 Å². The fourth-order valence-electron chi connectivity index (χ4n) is 2.39. The SMILES string of the molecule is COc1cccc(OC)c1C(=O)N1CCCC(=O)CC1. The highest BCUT2D eigenvalue weighted by molar-refractivity contribution is 6.00. The zero-order chi connectivity index (χ0) is 14.5. The van der Waals surface area contributed by atoms with Gasteiger partial charge in [0, 0.05) is 25.9 Å². The molecule has 0 saturated carbocycles. The van der Waals surface area contributed by atoms with Gasteiger partial charge in [-0.3, -0.25) is 9.59 Å². The van der Waals surface area contributed by atoms with Gasteiger partial charge in [-0.15, -0.1) is 0 Å². The van der Waals surface area contributed by atoms with Crippen molar-refractivity contribution in [2.45, 2.75) is 19.3 Å². The van der Waals surface area contributed by atoms with Crippen molar-refractivity contribution in [2.24, 2.45) is 0 Å². The van der Waals surface area contributed by atoms with Crippen molar-refractivity contribution in [3.63, 3.8) is 0 Å². The van der Waals surface area contributed by atoms with Crippen molar-refractivity contribution in [1.82, 2.24) is 4.90 Å². The Labute approximate surface area is 118 Å². The van der Waals surface area contributed by atoms with E-state index >= 15 is 0 Å². The number of carbonyl (C=O) groups excluding carboxylic acids is 2. The Kier molecular flexibility index (Phi) is 4.61. The fourth-order valence-corrected chi connectivity index (χ4v) is 2.39. The summed E-state index contributed by atoms with van der Waals surface area (Å²) in [5.74, 6) is 1.05. The average molecular weight is 277 g/mol. The first-order valence-electron chi connectivity index (χ1n) is 6.69. The van der Waals surface area contributed by atoms with Gasteiger partial charge in [-0.25, -0.2) is 0 Å². The van der Waals surface area contributed by atoms with Crippen molar-refractivity contribution >= 4 is 11.7 Å². The summed E-state index contributed by atoms with van der Waals surface area (Å²) < 4.78 is 10.5. The van der Waals surface area contributed by atoms with Gasteiger partial charge in [0.25, 0.3) is 5.91 Å². The number of hydrogen-bond donors (Lipinski definition) is 0. The minimum absolute atomic E-state index is 0.144. The first-order valence-corrected chi connectivity index (χ1v) is 6.69. The molecule has 5 heteroatoms. The van der Waals surface area contributed by atoms with Crippen LogP contribution in [0, 0.1) is 0 Å². The Bertz CT molecular complexity index is 490. The summed E-state index contributed by atoms with van der Waals surface area (Å²) in [6, 6.07) is 5.25. The lowest BCUT2D eigenvalue weighted by molar-refractivity contribution is -0.118. The molecule has 20 heavy (non-hydrogen) atoms. The van der Waals surface area contributed by atoms with Crippen molar-refractivity contribution in [3.05, 3.63) is 23.8 Å². The fraction of sp³-hybridized carbons (Fsp3) is 0.467. The monoisotopic (exact) mass is 277 g/mol. The maximum Gasteiger partial charge on any atom is 0.261 e. The number of benzene rings is 1. The number of rotatable bonds is 3. The van der Waals surface area contributed by atoms with E-state index in [0.717, 1.165) is 0 Å². The zero-order valence-corrected chi connectivity index (χ0v) is 11.8. The van der Waals surface area contributed by atoms with E-state index in [-0.39, 0.29) is 11.7 Å². The number of likely N-dealkylation sites (tertiary alicyclic amines) is 1. The molecule has 2 rings (SSSR count). The van der Waals surface area contributed by atoms with E-state index in [9.17, 15) is 9.59 Å². The topological polar surface area (TPSA) is 55.8 Å². The highest BCUT2D eigenvalue weighted by Crippen LogP contribution is 2.30. The molecule has 1 aliphatic rings. The summed E-state index contributed by atoms with van der Waals surface area (Å²) in [5, 5.41) is 0. The van der Waals surface area contributed by atoms with Crippen LogP contribution in [0.1, 0.15) is 29.6 Å². The Morgan fingerprint density at radius 1 is 1.10 bits per heavy atom. The van der Waals surface area contributed by atoms with E-state index in [1.165, 1.54) is 14.2 Å². The highest BCUT2D eigenvalue weighted by atomic mass is 16.5. The van der Waals surface area contributed by atoms with E-state index in [2.05, 4.69) is 0 Å². The van der Waals surface area contributed by atoms with Gasteiger partial charge in [-0.2, -0.15) is 0 Å². The molecule has 1 aromatic carbocycles. The Morgan fingerprint density at radius 3 is 2.35 bits per heavy atom. The van der Waals surface area contributed by atoms with E-state index in [4.69, 9.17) is 9.47 Å². The number of hydrogen-bond acceptors (Lipinski definition) is 4. The molecule has 0 atom stereocenters. The molecular weight excluding hydrogens is 258 g/mol. The van der Waals surface area contributed by atoms with Crippen LogP contribution in [0.15, 0.2) is 18.2 Å². The Balaban J connectivity index is 2.30. The minimum Gasteiger partial charge on any atom is -0.496 e. The van der Waals surface area contributed by atoms with Gasteiger partial charge in [-0.1, -0.05) is 6.07 Å². The van der Waals surface area contributed by atoms with Crippen LogP contribution in [-0.4, -0.2) is 43.9 Å². The Hall–Kier alpha value is -2.04. The minimum atomic E-state index is -0.144. The first-order chi connectivity index (χ1) is 9.67. The molecule has 1 amide bonds. The smallest absolute Gasteiger partial charge is 0.261 e. The molecule has 1 fully saturated rings. The number of Topliss-reactive ketones (excluding diaryl/α,β-unsaturated/α-hetero) is 1.